The summed E-state index contributed by atoms with van der Waals surface area (Å²) in [7, 11) is -2.83. The van der Waals surface area contributed by atoms with Crippen molar-refractivity contribution in [3.05, 3.63) is 29.8 Å². The number of carbonyl (C=O) groups excluding carboxylic acids is 1. The van der Waals surface area contributed by atoms with E-state index in [1.54, 1.807) is 31.8 Å². The Hall–Kier alpha value is -1.12. The molecule has 0 N–H and O–H groups in total. The molecule has 1 atom stereocenters. The molecule has 1 aromatic rings. The smallest absolute Gasteiger partial charge is 0.302 e. The number of hydrogen-bond donors (Lipinski definition) is 0. The predicted molar refractivity (Wildman–Crippen MR) is 66.7 cm³/mol. The number of ether oxygens (including phenoxy) is 1. The maximum atomic E-state index is 12.3. The quantitative estimate of drug-likeness (QED) is 0.599. The van der Waals surface area contributed by atoms with Gasteiger partial charge in [0, 0.05) is 24.5 Å². The molecule has 0 fully saturated rings. The van der Waals surface area contributed by atoms with Gasteiger partial charge in [-0.1, -0.05) is 18.2 Å². The van der Waals surface area contributed by atoms with Gasteiger partial charge in [0.05, 0.1) is 6.61 Å². The van der Waals surface area contributed by atoms with Crippen molar-refractivity contribution in [3.8, 4) is 0 Å². The first-order valence-corrected chi connectivity index (χ1v) is 7.48. The van der Waals surface area contributed by atoms with Crippen LogP contribution in [-0.2, 0) is 25.2 Å². The summed E-state index contributed by atoms with van der Waals surface area (Å²) in [5.74, 6) is -0.359. The second-order valence-corrected chi connectivity index (χ2v) is 6.10. The van der Waals surface area contributed by atoms with Crippen molar-refractivity contribution >= 4 is 18.6 Å². The van der Waals surface area contributed by atoms with Gasteiger partial charge in [0.15, 0.2) is 0 Å². The Bertz CT molecular complexity index is 442. The Balaban J connectivity index is 2.99. The van der Waals surface area contributed by atoms with Crippen molar-refractivity contribution in [1.29, 1.82) is 0 Å². The first kappa shape index (κ1) is 13.9. The fourth-order valence-electron chi connectivity index (χ4n) is 1.52. The maximum Gasteiger partial charge on any atom is 0.302 e. The molecule has 5 heteroatoms. The number of hydrogen-bond acceptors (Lipinski definition) is 4. The van der Waals surface area contributed by atoms with E-state index in [9.17, 15) is 9.36 Å². The van der Waals surface area contributed by atoms with Gasteiger partial charge < -0.3 is 9.26 Å². The van der Waals surface area contributed by atoms with E-state index in [0.29, 0.717) is 11.9 Å². The largest absolute Gasteiger partial charge is 0.461 e. The molecule has 0 amide bonds. The van der Waals surface area contributed by atoms with Gasteiger partial charge in [-0.3, -0.25) is 9.36 Å². The first-order valence-electron chi connectivity index (χ1n) is 5.41. The standard InChI is InChI=1S/C12H17O4P/c1-4-16-17(3,14)12-8-6-5-7-11(12)9-15-10(2)13/h5-8H,4,9H2,1-3H3. The van der Waals surface area contributed by atoms with Crippen molar-refractivity contribution in [1.82, 2.24) is 0 Å². The second kappa shape index (κ2) is 5.99. The summed E-state index contributed by atoms with van der Waals surface area (Å²) in [5.41, 5.74) is 0.724. The van der Waals surface area contributed by atoms with Crippen LogP contribution in [0, 0.1) is 0 Å². The van der Waals surface area contributed by atoms with Crippen LogP contribution in [0.25, 0.3) is 0 Å². The van der Waals surface area contributed by atoms with Crippen LogP contribution in [0.5, 0.6) is 0 Å². The lowest BCUT2D eigenvalue weighted by Crippen LogP contribution is -2.14. The fraction of sp³-hybridized carbons (Fsp3) is 0.417. The lowest BCUT2D eigenvalue weighted by molar-refractivity contribution is -0.142. The van der Waals surface area contributed by atoms with E-state index in [1.165, 1.54) is 6.92 Å². The Labute approximate surface area is 101 Å². The van der Waals surface area contributed by atoms with Crippen molar-refractivity contribution in [3.63, 3.8) is 0 Å². The highest BCUT2D eigenvalue weighted by Crippen LogP contribution is 2.42. The molecule has 1 aromatic carbocycles. The molecule has 0 saturated carbocycles. The minimum atomic E-state index is -2.83. The Morgan fingerprint density at radius 1 is 1.35 bits per heavy atom. The molecule has 4 nitrogen and oxygen atoms in total. The lowest BCUT2D eigenvalue weighted by atomic mass is 10.2. The van der Waals surface area contributed by atoms with Crippen LogP contribution >= 0.6 is 7.37 Å². The normalized spacial score (nSPS) is 14.1. The van der Waals surface area contributed by atoms with Gasteiger partial charge in [-0.2, -0.15) is 0 Å². The van der Waals surface area contributed by atoms with Crippen LogP contribution in [0.2, 0.25) is 0 Å². The van der Waals surface area contributed by atoms with Crippen LogP contribution in [0.3, 0.4) is 0 Å². The third-order valence-electron chi connectivity index (χ3n) is 2.24. The van der Waals surface area contributed by atoms with E-state index in [1.807, 2.05) is 6.07 Å². The molecule has 0 bridgehead atoms. The average Bonchev–Trinajstić information content (AvgIpc) is 2.26. The van der Waals surface area contributed by atoms with Crippen LogP contribution in [-0.4, -0.2) is 19.2 Å². The molecule has 0 radical (unpaired) electrons. The molecule has 0 spiro atoms. The summed E-state index contributed by atoms with van der Waals surface area (Å²) in [6, 6.07) is 7.14. The molecule has 17 heavy (non-hydrogen) atoms. The lowest BCUT2D eigenvalue weighted by Gasteiger charge is -2.16. The SMILES string of the molecule is CCOP(C)(=O)c1ccccc1COC(C)=O. The van der Waals surface area contributed by atoms with Crippen molar-refractivity contribution < 1.29 is 18.6 Å². The molecule has 0 heterocycles. The number of benzene rings is 1. The zero-order valence-corrected chi connectivity index (χ0v) is 11.2. The molecule has 94 valence electrons. The number of esters is 1. The Morgan fingerprint density at radius 3 is 2.59 bits per heavy atom. The van der Waals surface area contributed by atoms with Gasteiger partial charge in [-0.15, -0.1) is 0 Å². The molecular formula is C12H17O4P. The van der Waals surface area contributed by atoms with E-state index >= 15 is 0 Å². The van der Waals surface area contributed by atoms with Crippen LogP contribution in [0.15, 0.2) is 24.3 Å². The molecule has 0 aromatic heterocycles. The zero-order valence-electron chi connectivity index (χ0n) is 10.3. The van der Waals surface area contributed by atoms with Crippen LogP contribution < -0.4 is 5.30 Å². The predicted octanol–water partition coefficient (Wildman–Crippen LogP) is 2.32. The Kier molecular flexibility index (Phi) is 4.91. The highest BCUT2D eigenvalue weighted by Gasteiger charge is 2.22. The van der Waals surface area contributed by atoms with Gasteiger partial charge in [-0.25, -0.2) is 0 Å². The van der Waals surface area contributed by atoms with E-state index in [0.717, 1.165) is 5.56 Å². The average molecular weight is 256 g/mol. The maximum absolute atomic E-state index is 12.3. The Morgan fingerprint density at radius 2 is 2.00 bits per heavy atom. The van der Waals surface area contributed by atoms with Crippen LogP contribution in [0.4, 0.5) is 0 Å². The summed E-state index contributed by atoms with van der Waals surface area (Å²) in [5, 5.41) is 0.614. The van der Waals surface area contributed by atoms with Crippen LogP contribution in [0.1, 0.15) is 19.4 Å². The molecule has 0 aliphatic carbocycles. The van der Waals surface area contributed by atoms with Crippen molar-refractivity contribution in [2.24, 2.45) is 0 Å². The van der Waals surface area contributed by atoms with Gasteiger partial charge in [0.2, 0.25) is 7.37 Å². The zero-order chi connectivity index (χ0) is 12.9. The molecule has 0 aliphatic rings. The minimum Gasteiger partial charge on any atom is -0.461 e. The summed E-state index contributed by atoms with van der Waals surface area (Å²) in [6.07, 6.45) is 0. The molecule has 1 rings (SSSR count). The van der Waals surface area contributed by atoms with E-state index in [2.05, 4.69) is 0 Å². The van der Waals surface area contributed by atoms with E-state index in [4.69, 9.17) is 9.26 Å². The highest BCUT2D eigenvalue weighted by atomic mass is 31.2. The fourth-order valence-corrected chi connectivity index (χ4v) is 3.17. The molecule has 0 aliphatic heterocycles. The van der Waals surface area contributed by atoms with Gasteiger partial charge in [-0.05, 0) is 13.0 Å². The summed E-state index contributed by atoms with van der Waals surface area (Å²) in [4.78, 5) is 10.8. The van der Waals surface area contributed by atoms with E-state index in [-0.39, 0.29) is 12.6 Å². The number of rotatable bonds is 5. The topological polar surface area (TPSA) is 52.6 Å². The number of carbonyl (C=O) groups is 1. The molecular weight excluding hydrogens is 239 g/mol. The highest BCUT2D eigenvalue weighted by molar-refractivity contribution is 7.66. The summed E-state index contributed by atoms with van der Waals surface area (Å²) in [6.45, 7) is 5.22. The van der Waals surface area contributed by atoms with Crippen molar-refractivity contribution in [2.75, 3.05) is 13.3 Å². The summed E-state index contributed by atoms with van der Waals surface area (Å²) >= 11 is 0. The van der Waals surface area contributed by atoms with Gasteiger partial charge in [0.1, 0.15) is 6.61 Å². The third-order valence-corrected chi connectivity index (χ3v) is 4.30. The van der Waals surface area contributed by atoms with Gasteiger partial charge in [0.25, 0.3) is 0 Å². The summed E-state index contributed by atoms with van der Waals surface area (Å²) < 4.78 is 22.5. The monoisotopic (exact) mass is 256 g/mol. The second-order valence-electron chi connectivity index (χ2n) is 3.67. The minimum absolute atomic E-state index is 0.121. The molecule has 1 unspecified atom stereocenters. The van der Waals surface area contributed by atoms with Crippen molar-refractivity contribution in [2.45, 2.75) is 20.5 Å². The van der Waals surface area contributed by atoms with E-state index < -0.39 is 7.37 Å². The third kappa shape index (κ3) is 3.99. The molecule has 0 saturated heterocycles. The van der Waals surface area contributed by atoms with Gasteiger partial charge >= 0.3 is 5.97 Å². The first-order chi connectivity index (χ1) is 7.97.